The molecule has 0 spiro atoms. The number of allylic oxidation sites excluding steroid dienone is 1. The Hall–Kier alpha value is 0.960. The van der Waals surface area contributed by atoms with E-state index < -0.39 is 10.4 Å². The summed E-state index contributed by atoms with van der Waals surface area (Å²) in [7, 11) is -4.51. The summed E-state index contributed by atoms with van der Waals surface area (Å²) in [6.07, 6.45) is 10.9. The third kappa shape index (κ3) is 21.3. The molecule has 0 saturated heterocycles. The SMILES string of the molecule is CCCCCCCSC=CCCCCOS(=O)(=O)[O-].[Na+]. The van der Waals surface area contributed by atoms with E-state index in [1.165, 1.54) is 32.1 Å². The van der Waals surface area contributed by atoms with Gasteiger partial charge in [-0.15, -0.1) is 11.8 Å². The quantitative estimate of drug-likeness (QED) is 0.217. The van der Waals surface area contributed by atoms with Gasteiger partial charge in [-0.25, -0.2) is 8.42 Å². The van der Waals surface area contributed by atoms with Gasteiger partial charge in [-0.05, 0) is 36.8 Å². The van der Waals surface area contributed by atoms with E-state index in [9.17, 15) is 13.0 Å². The van der Waals surface area contributed by atoms with Crippen molar-refractivity contribution in [2.75, 3.05) is 12.4 Å². The van der Waals surface area contributed by atoms with Crippen LogP contribution in [0, 0.1) is 0 Å². The van der Waals surface area contributed by atoms with Crippen molar-refractivity contribution in [2.24, 2.45) is 0 Å². The number of hydrogen-bond acceptors (Lipinski definition) is 5. The first-order valence-corrected chi connectivity index (χ1v) is 9.31. The minimum atomic E-state index is -4.51. The number of hydrogen-bond donors (Lipinski definition) is 0. The monoisotopic (exact) mass is 332 g/mol. The standard InChI is InChI=1S/C13H26O4S2.Na/c1-2-3-4-6-9-12-18-13-10-7-5-8-11-17-19(14,15)16;/h10,13H,2-9,11-12H2,1H3,(H,14,15,16);/q;+1/p-1. The van der Waals surface area contributed by atoms with E-state index in [1.54, 1.807) is 0 Å². The Kier molecular flexibility index (Phi) is 19.0. The van der Waals surface area contributed by atoms with E-state index in [4.69, 9.17) is 0 Å². The van der Waals surface area contributed by atoms with Crippen molar-refractivity contribution < 1.29 is 46.7 Å². The molecule has 0 heterocycles. The maximum absolute atomic E-state index is 10.1. The Morgan fingerprint density at radius 1 is 1.10 bits per heavy atom. The maximum Gasteiger partial charge on any atom is 1.00 e. The molecule has 0 aromatic rings. The average Bonchev–Trinajstić information content (AvgIpc) is 2.34. The van der Waals surface area contributed by atoms with E-state index in [0.29, 0.717) is 6.42 Å². The minimum Gasteiger partial charge on any atom is -0.726 e. The van der Waals surface area contributed by atoms with Crippen molar-refractivity contribution >= 4 is 22.2 Å². The molecule has 0 amide bonds. The van der Waals surface area contributed by atoms with E-state index in [2.05, 4.69) is 22.6 Å². The summed E-state index contributed by atoms with van der Waals surface area (Å²) < 4.78 is 34.5. The molecule has 0 N–H and O–H groups in total. The fourth-order valence-corrected chi connectivity index (χ4v) is 2.62. The Morgan fingerprint density at radius 2 is 1.80 bits per heavy atom. The molecule has 0 atom stereocenters. The predicted octanol–water partition coefficient (Wildman–Crippen LogP) is 0.855. The first-order valence-electron chi connectivity index (χ1n) is 6.93. The van der Waals surface area contributed by atoms with Gasteiger partial charge in [0.25, 0.3) is 0 Å². The van der Waals surface area contributed by atoms with Crippen LogP contribution in [-0.4, -0.2) is 25.3 Å². The molecular weight excluding hydrogens is 307 g/mol. The summed E-state index contributed by atoms with van der Waals surface area (Å²) >= 11 is 1.82. The van der Waals surface area contributed by atoms with Crippen molar-refractivity contribution in [3.63, 3.8) is 0 Å². The molecule has 0 bridgehead atoms. The van der Waals surface area contributed by atoms with Gasteiger partial charge in [0.15, 0.2) is 0 Å². The summed E-state index contributed by atoms with van der Waals surface area (Å²) in [4.78, 5) is 0. The molecule has 0 fully saturated rings. The molecule has 114 valence electrons. The van der Waals surface area contributed by atoms with Crippen LogP contribution in [-0.2, 0) is 14.6 Å². The molecule has 0 aliphatic rings. The second-order valence-electron chi connectivity index (χ2n) is 4.38. The van der Waals surface area contributed by atoms with Crippen LogP contribution >= 0.6 is 11.8 Å². The summed E-state index contributed by atoms with van der Waals surface area (Å²) in [6.45, 7) is 2.21. The first kappa shape index (κ1) is 23.2. The molecule has 0 unspecified atom stereocenters. The van der Waals surface area contributed by atoms with Gasteiger partial charge in [-0.3, -0.25) is 4.18 Å². The third-order valence-electron chi connectivity index (χ3n) is 2.55. The third-order valence-corrected chi connectivity index (χ3v) is 3.92. The van der Waals surface area contributed by atoms with Gasteiger partial charge in [0, 0.05) is 0 Å². The van der Waals surface area contributed by atoms with Gasteiger partial charge in [0.1, 0.15) is 0 Å². The van der Waals surface area contributed by atoms with Gasteiger partial charge < -0.3 is 4.55 Å². The van der Waals surface area contributed by atoms with E-state index in [-0.39, 0.29) is 36.2 Å². The van der Waals surface area contributed by atoms with Crippen molar-refractivity contribution in [1.29, 1.82) is 0 Å². The second-order valence-corrected chi connectivity index (χ2v) is 6.45. The summed E-state index contributed by atoms with van der Waals surface area (Å²) in [5.74, 6) is 1.16. The van der Waals surface area contributed by atoms with Gasteiger partial charge in [0.05, 0.1) is 6.61 Å². The van der Waals surface area contributed by atoms with Gasteiger partial charge in [-0.2, -0.15) is 0 Å². The second kappa shape index (κ2) is 16.3. The van der Waals surface area contributed by atoms with Crippen molar-refractivity contribution in [1.82, 2.24) is 0 Å². The molecule has 0 rings (SSSR count). The maximum atomic E-state index is 10.1. The topological polar surface area (TPSA) is 66.4 Å². The van der Waals surface area contributed by atoms with Gasteiger partial charge >= 0.3 is 29.6 Å². The summed E-state index contributed by atoms with van der Waals surface area (Å²) in [6, 6.07) is 0. The van der Waals surface area contributed by atoms with Crippen molar-refractivity contribution in [3.8, 4) is 0 Å². The summed E-state index contributed by atoms with van der Waals surface area (Å²) in [5, 5.41) is 2.10. The van der Waals surface area contributed by atoms with E-state index >= 15 is 0 Å². The van der Waals surface area contributed by atoms with Crippen LogP contribution in [0.2, 0.25) is 0 Å². The van der Waals surface area contributed by atoms with Crippen molar-refractivity contribution in [2.45, 2.75) is 58.3 Å². The van der Waals surface area contributed by atoms with Crippen LogP contribution in [0.4, 0.5) is 0 Å². The zero-order valence-electron chi connectivity index (χ0n) is 12.7. The van der Waals surface area contributed by atoms with Crippen LogP contribution in [0.5, 0.6) is 0 Å². The zero-order chi connectivity index (χ0) is 14.4. The van der Waals surface area contributed by atoms with Crippen LogP contribution in [0.1, 0.15) is 58.3 Å². The molecule has 0 aromatic heterocycles. The first-order chi connectivity index (χ1) is 9.06. The predicted molar refractivity (Wildman–Crippen MR) is 79.9 cm³/mol. The van der Waals surface area contributed by atoms with Crippen LogP contribution < -0.4 is 29.6 Å². The smallest absolute Gasteiger partial charge is 0.726 e. The van der Waals surface area contributed by atoms with Crippen molar-refractivity contribution in [3.05, 3.63) is 11.5 Å². The average molecular weight is 332 g/mol. The van der Waals surface area contributed by atoms with Gasteiger partial charge in [-0.1, -0.05) is 38.7 Å². The molecule has 4 nitrogen and oxygen atoms in total. The molecule has 0 aromatic carbocycles. The normalized spacial score (nSPS) is 11.7. The van der Waals surface area contributed by atoms with Crippen LogP contribution in [0.3, 0.4) is 0 Å². The molecule has 0 saturated carbocycles. The fourth-order valence-electron chi connectivity index (χ4n) is 1.52. The molecule has 7 heteroatoms. The van der Waals surface area contributed by atoms with E-state index in [1.807, 2.05) is 11.8 Å². The molecule has 0 aliphatic carbocycles. The summed E-state index contributed by atoms with van der Waals surface area (Å²) in [5.41, 5.74) is 0. The minimum absolute atomic E-state index is 0. The number of unbranched alkanes of at least 4 members (excludes halogenated alkanes) is 6. The molecule has 0 aliphatic heterocycles. The van der Waals surface area contributed by atoms with Crippen LogP contribution in [0.25, 0.3) is 0 Å². The molecule has 20 heavy (non-hydrogen) atoms. The Bertz CT molecular complexity index is 318. The number of thioether (sulfide) groups is 1. The Balaban J connectivity index is 0. The van der Waals surface area contributed by atoms with Gasteiger partial charge in [0.2, 0.25) is 10.4 Å². The Morgan fingerprint density at radius 3 is 2.45 bits per heavy atom. The fraction of sp³-hybridized carbons (Fsp3) is 0.846. The Labute approximate surface area is 150 Å². The number of rotatable bonds is 13. The molecular formula is C13H25NaO4S2. The molecule has 0 radical (unpaired) electrons. The zero-order valence-corrected chi connectivity index (χ0v) is 16.3. The van der Waals surface area contributed by atoms with Crippen LogP contribution in [0.15, 0.2) is 11.5 Å². The largest absolute Gasteiger partial charge is 1.00 e. The van der Waals surface area contributed by atoms with E-state index in [0.717, 1.165) is 18.6 Å².